The zero-order valence-electron chi connectivity index (χ0n) is 9.95. The molecule has 3 heteroatoms. The van der Waals surface area contributed by atoms with Crippen molar-refractivity contribution in [2.45, 2.75) is 19.3 Å². The molecule has 1 amide bonds. The molecule has 0 aromatic rings. The van der Waals surface area contributed by atoms with Crippen molar-refractivity contribution in [3.63, 3.8) is 0 Å². The number of hydrogen-bond acceptors (Lipinski definition) is 2. The van der Waals surface area contributed by atoms with E-state index in [1.54, 1.807) is 12.2 Å². The van der Waals surface area contributed by atoms with E-state index >= 15 is 0 Å². The molecule has 0 bridgehead atoms. The second kappa shape index (κ2) is 7.23. The molecule has 1 fully saturated rings. The molecule has 0 unspecified atom stereocenters. The highest BCUT2D eigenvalue weighted by molar-refractivity contribution is 5.76. The van der Waals surface area contributed by atoms with Gasteiger partial charge in [0.15, 0.2) is 0 Å². The van der Waals surface area contributed by atoms with Crippen LogP contribution in [0.2, 0.25) is 0 Å². The van der Waals surface area contributed by atoms with E-state index in [1.165, 1.54) is 0 Å². The Morgan fingerprint density at radius 1 is 1.25 bits per heavy atom. The molecule has 1 saturated heterocycles. The van der Waals surface area contributed by atoms with Crippen LogP contribution in [0.5, 0.6) is 0 Å². The Morgan fingerprint density at radius 2 is 1.81 bits per heavy atom. The summed E-state index contributed by atoms with van der Waals surface area (Å²) in [6.07, 6.45) is 6.43. The van der Waals surface area contributed by atoms with Crippen molar-refractivity contribution in [3.8, 4) is 0 Å². The van der Waals surface area contributed by atoms with Gasteiger partial charge in [-0.05, 0) is 31.8 Å². The van der Waals surface area contributed by atoms with Gasteiger partial charge in [0.2, 0.25) is 5.91 Å². The molecule has 0 aromatic carbocycles. The number of amides is 1. The summed E-state index contributed by atoms with van der Waals surface area (Å²) in [7, 11) is 0. The van der Waals surface area contributed by atoms with E-state index in [4.69, 9.17) is 0 Å². The lowest BCUT2D eigenvalue weighted by Gasteiger charge is -2.25. The van der Waals surface area contributed by atoms with Gasteiger partial charge in [-0.1, -0.05) is 12.2 Å². The molecule has 0 aromatic heterocycles. The van der Waals surface area contributed by atoms with Crippen LogP contribution in [0.4, 0.5) is 0 Å². The number of carbonyl (C=O) groups is 1. The van der Waals surface area contributed by atoms with Crippen molar-refractivity contribution in [2.24, 2.45) is 5.92 Å². The molecule has 0 spiro atoms. The fourth-order valence-electron chi connectivity index (χ4n) is 2.05. The van der Waals surface area contributed by atoms with E-state index in [0.29, 0.717) is 25.4 Å². The zero-order valence-corrected chi connectivity index (χ0v) is 9.95. The average molecular weight is 222 g/mol. The lowest BCUT2D eigenvalue weighted by atomic mass is 9.94. The number of nitrogens with zero attached hydrogens (tertiary/aromatic N) is 1. The van der Waals surface area contributed by atoms with E-state index in [9.17, 15) is 4.79 Å². The van der Waals surface area contributed by atoms with E-state index in [2.05, 4.69) is 18.5 Å². The zero-order chi connectivity index (χ0) is 11.8. The van der Waals surface area contributed by atoms with Crippen LogP contribution in [-0.4, -0.2) is 37.0 Å². The highest BCUT2D eigenvalue weighted by Crippen LogP contribution is 2.17. The van der Waals surface area contributed by atoms with E-state index in [-0.39, 0.29) is 5.91 Å². The Labute approximate surface area is 98.2 Å². The van der Waals surface area contributed by atoms with Crippen LogP contribution in [0, 0.1) is 5.92 Å². The third-order valence-electron chi connectivity index (χ3n) is 2.97. The van der Waals surface area contributed by atoms with Gasteiger partial charge in [-0.3, -0.25) is 4.79 Å². The molecule has 1 aliphatic heterocycles. The minimum Gasteiger partial charge on any atom is -0.335 e. The van der Waals surface area contributed by atoms with Crippen LogP contribution in [0.1, 0.15) is 19.3 Å². The van der Waals surface area contributed by atoms with Crippen molar-refractivity contribution >= 4 is 5.91 Å². The Hall–Kier alpha value is -1.09. The smallest absolute Gasteiger partial charge is 0.223 e. The number of hydrogen-bond donors (Lipinski definition) is 1. The molecule has 0 aliphatic carbocycles. The Bertz CT molecular complexity index is 234. The fraction of sp³-hybridized carbons (Fsp3) is 0.615. The van der Waals surface area contributed by atoms with Crippen molar-refractivity contribution in [1.82, 2.24) is 10.2 Å². The molecule has 1 aliphatic rings. The Kier molecular flexibility index (Phi) is 5.86. The predicted octanol–water partition coefficient (Wildman–Crippen LogP) is 1.58. The highest BCUT2D eigenvalue weighted by Gasteiger charge is 2.19. The monoisotopic (exact) mass is 222 g/mol. The third-order valence-corrected chi connectivity index (χ3v) is 2.97. The van der Waals surface area contributed by atoms with Gasteiger partial charge in [0.05, 0.1) is 0 Å². The summed E-state index contributed by atoms with van der Waals surface area (Å²) in [6, 6.07) is 0. The van der Waals surface area contributed by atoms with Crippen LogP contribution in [-0.2, 0) is 4.79 Å². The average Bonchev–Trinajstić information content (AvgIpc) is 2.30. The van der Waals surface area contributed by atoms with Crippen LogP contribution in [0.15, 0.2) is 25.3 Å². The maximum atomic E-state index is 12.0. The van der Waals surface area contributed by atoms with Crippen molar-refractivity contribution in [1.29, 1.82) is 0 Å². The van der Waals surface area contributed by atoms with E-state index in [1.807, 2.05) is 4.90 Å². The van der Waals surface area contributed by atoms with Gasteiger partial charge < -0.3 is 10.2 Å². The first kappa shape index (κ1) is 13.0. The Balaban J connectivity index is 2.39. The number of piperidine rings is 1. The fourth-order valence-corrected chi connectivity index (χ4v) is 2.05. The van der Waals surface area contributed by atoms with Gasteiger partial charge in [-0.2, -0.15) is 0 Å². The molecule has 16 heavy (non-hydrogen) atoms. The first-order valence-corrected chi connectivity index (χ1v) is 5.98. The third kappa shape index (κ3) is 4.19. The quantitative estimate of drug-likeness (QED) is 0.692. The normalized spacial score (nSPS) is 16.8. The number of carbonyl (C=O) groups excluding carboxylic acids is 1. The van der Waals surface area contributed by atoms with Crippen molar-refractivity contribution in [2.75, 3.05) is 26.2 Å². The molecule has 3 nitrogen and oxygen atoms in total. The Morgan fingerprint density at radius 3 is 2.31 bits per heavy atom. The number of rotatable bonds is 6. The summed E-state index contributed by atoms with van der Waals surface area (Å²) in [5.41, 5.74) is 0. The standard InChI is InChI=1S/C13H22N2O/c1-3-9-15(10-4-2)13(16)11-12-5-7-14-8-6-12/h3-4,12,14H,1-2,5-11H2. The first-order chi connectivity index (χ1) is 7.77. The maximum Gasteiger partial charge on any atom is 0.223 e. The summed E-state index contributed by atoms with van der Waals surface area (Å²) < 4.78 is 0. The molecule has 0 atom stereocenters. The molecular weight excluding hydrogens is 200 g/mol. The lowest BCUT2D eigenvalue weighted by molar-refractivity contribution is -0.131. The van der Waals surface area contributed by atoms with Gasteiger partial charge in [0.25, 0.3) is 0 Å². The minimum atomic E-state index is 0.228. The van der Waals surface area contributed by atoms with Gasteiger partial charge in [0, 0.05) is 19.5 Å². The molecule has 1 N–H and O–H groups in total. The van der Waals surface area contributed by atoms with Crippen LogP contribution >= 0.6 is 0 Å². The van der Waals surface area contributed by atoms with Crippen molar-refractivity contribution in [3.05, 3.63) is 25.3 Å². The number of nitrogens with one attached hydrogen (secondary N) is 1. The molecule has 90 valence electrons. The summed E-state index contributed by atoms with van der Waals surface area (Å²) >= 11 is 0. The van der Waals surface area contributed by atoms with Gasteiger partial charge in [0.1, 0.15) is 0 Å². The largest absolute Gasteiger partial charge is 0.335 e. The first-order valence-electron chi connectivity index (χ1n) is 5.98. The van der Waals surface area contributed by atoms with E-state index < -0.39 is 0 Å². The topological polar surface area (TPSA) is 32.3 Å². The highest BCUT2D eigenvalue weighted by atomic mass is 16.2. The second-order valence-electron chi connectivity index (χ2n) is 4.27. The summed E-state index contributed by atoms with van der Waals surface area (Å²) in [6.45, 7) is 10.7. The second-order valence-corrected chi connectivity index (χ2v) is 4.27. The summed E-state index contributed by atoms with van der Waals surface area (Å²) in [4.78, 5) is 13.8. The lowest BCUT2D eigenvalue weighted by Crippen LogP contribution is -2.35. The molecule has 1 heterocycles. The predicted molar refractivity (Wildman–Crippen MR) is 67.2 cm³/mol. The van der Waals surface area contributed by atoms with Crippen LogP contribution in [0.25, 0.3) is 0 Å². The van der Waals surface area contributed by atoms with Crippen LogP contribution < -0.4 is 5.32 Å². The molecule has 0 saturated carbocycles. The maximum absolute atomic E-state index is 12.0. The summed E-state index contributed by atoms with van der Waals surface area (Å²) in [5.74, 6) is 0.776. The SMILES string of the molecule is C=CCN(CC=C)C(=O)CC1CCNCC1. The molecular formula is C13H22N2O. The van der Waals surface area contributed by atoms with Gasteiger partial charge in [-0.25, -0.2) is 0 Å². The van der Waals surface area contributed by atoms with E-state index in [0.717, 1.165) is 25.9 Å². The summed E-state index contributed by atoms with van der Waals surface area (Å²) in [5, 5.41) is 3.31. The molecule has 0 radical (unpaired) electrons. The van der Waals surface area contributed by atoms with Gasteiger partial charge >= 0.3 is 0 Å². The van der Waals surface area contributed by atoms with Crippen LogP contribution in [0.3, 0.4) is 0 Å². The minimum absolute atomic E-state index is 0.228. The van der Waals surface area contributed by atoms with Crippen molar-refractivity contribution < 1.29 is 4.79 Å². The molecule has 1 rings (SSSR count). The van der Waals surface area contributed by atoms with Gasteiger partial charge in [-0.15, -0.1) is 13.2 Å².